The maximum atomic E-state index is 4.63. The lowest BCUT2D eigenvalue weighted by atomic mass is 10.2. The summed E-state index contributed by atoms with van der Waals surface area (Å²) in [5.41, 5.74) is 1.30. The number of hydrogen-bond donors (Lipinski definition) is 1. The van der Waals surface area contributed by atoms with E-state index in [2.05, 4.69) is 29.2 Å². The van der Waals surface area contributed by atoms with Gasteiger partial charge in [0.25, 0.3) is 0 Å². The molecule has 13 heavy (non-hydrogen) atoms. The summed E-state index contributed by atoms with van der Waals surface area (Å²) < 4.78 is 0. The van der Waals surface area contributed by atoms with E-state index in [1.165, 1.54) is 10.6 Å². The lowest BCUT2D eigenvalue weighted by Crippen LogP contribution is -2.22. The van der Waals surface area contributed by atoms with E-state index in [4.69, 9.17) is 0 Å². The Labute approximate surface area is 82.8 Å². The highest BCUT2D eigenvalue weighted by Gasteiger charge is 2.15. The van der Waals surface area contributed by atoms with Gasteiger partial charge in [-0.3, -0.25) is 0 Å². The highest BCUT2D eigenvalue weighted by atomic mass is 32.1. The first-order chi connectivity index (χ1) is 6.31. The van der Waals surface area contributed by atoms with Crippen molar-refractivity contribution >= 4 is 16.5 Å². The number of aromatic nitrogens is 1. The van der Waals surface area contributed by atoms with Gasteiger partial charge in [0, 0.05) is 38.0 Å². The summed E-state index contributed by atoms with van der Waals surface area (Å²) in [5.74, 6) is 0. The van der Waals surface area contributed by atoms with Gasteiger partial charge in [-0.1, -0.05) is 0 Å². The topological polar surface area (TPSA) is 28.2 Å². The first-order valence-corrected chi connectivity index (χ1v) is 5.53. The van der Waals surface area contributed by atoms with Crippen LogP contribution < -0.4 is 10.2 Å². The molecule has 1 aliphatic rings. The van der Waals surface area contributed by atoms with E-state index in [0.29, 0.717) is 0 Å². The van der Waals surface area contributed by atoms with Crippen molar-refractivity contribution in [3.8, 4) is 0 Å². The predicted molar refractivity (Wildman–Crippen MR) is 56.5 cm³/mol. The molecule has 0 bridgehead atoms. The van der Waals surface area contributed by atoms with Crippen LogP contribution >= 0.6 is 11.3 Å². The van der Waals surface area contributed by atoms with Gasteiger partial charge in [0.2, 0.25) is 0 Å². The number of anilines is 1. The van der Waals surface area contributed by atoms with Gasteiger partial charge < -0.3 is 10.2 Å². The number of nitrogens with one attached hydrogen (secondary N) is 1. The SMILES string of the molecule is CCN(C)c1nc2c(s1)CNCC2. The first-order valence-electron chi connectivity index (χ1n) is 4.71. The molecule has 0 aromatic carbocycles. The summed E-state index contributed by atoms with van der Waals surface area (Å²) in [6.07, 6.45) is 1.09. The van der Waals surface area contributed by atoms with Gasteiger partial charge in [0.05, 0.1) is 5.69 Å². The predicted octanol–water partition coefficient (Wildman–Crippen LogP) is 1.24. The summed E-state index contributed by atoms with van der Waals surface area (Å²) in [4.78, 5) is 8.24. The molecule has 1 aliphatic heterocycles. The molecule has 1 aromatic heterocycles. The second kappa shape index (κ2) is 3.64. The lowest BCUT2D eigenvalue weighted by Gasteiger charge is -2.11. The van der Waals surface area contributed by atoms with Crippen molar-refractivity contribution in [2.45, 2.75) is 19.9 Å². The average Bonchev–Trinajstić information content (AvgIpc) is 2.59. The van der Waals surface area contributed by atoms with Gasteiger partial charge in [0.15, 0.2) is 5.13 Å². The molecule has 0 saturated carbocycles. The Bertz CT molecular complexity index is 272. The zero-order chi connectivity index (χ0) is 9.26. The average molecular weight is 197 g/mol. The van der Waals surface area contributed by atoms with E-state index < -0.39 is 0 Å². The van der Waals surface area contributed by atoms with Crippen molar-refractivity contribution in [1.29, 1.82) is 0 Å². The van der Waals surface area contributed by atoms with Gasteiger partial charge in [-0.25, -0.2) is 4.98 Å². The van der Waals surface area contributed by atoms with E-state index in [1.807, 2.05) is 11.3 Å². The molecule has 0 unspecified atom stereocenters. The van der Waals surface area contributed by atoms with Crippen molar-refractivity contribution in [2.75, 3.05) is 25.0 Å². The number of thiazole rings is 1. The van der Waals surface area contributed by atoms with Crippen LogP contribution in [0.15, 0.2) is 0 Å². The highest BCUT2D eigenvalue weighted by Crippen LogP contribution is 2.27. The van der Waals surface area contributed by atoms with Crippen LogP contribution in [0.2, 0.25) is 0 Å². The highest BCUT2D eigenvalue weighted by molar-refractivity contribution is 7.15. The van der Waals surface area contributed by atoms with Crippen LogP contribution in [0.1, 0.15) is 17.5 Å². The monoisotopic (exact) mass is 197 g/mol. The molecular formula is C9H15N3S. The van der Waals surface area contributed by atoms with Gasteiger partial charge in [-0.05, 0) is 6.92 Å². The van der Waals surface area contributed by atoms with Crippen LogP contribution in [0.5, 0.6) is 0 Å². The molecule has 0 aliphatic carbocycles. The van der Waals surface area contributed by atoms with Crippen LogP contribution in [-0.2, 0) is 13.0 Å². The third kappa shape index (κ3) is 1.69. The summed E-state index contributed by atoms with van der Waals surface area (Å²) >= 11 is 1.82. The zero-order valence-electron chi connectivity index (χ0n) is 8.13. The van der Waals surface area contributed by atoms with Crippen LogP contribution in [0.3, 0.4) is 0 Å². The molecule has 2 rings (SSSR count). The third-order valence-corrected chi connectivity index (χ3v) is 3.60. The fourth-order valence-corrected chi connectivity index (χ4v) is 2.51. The maximum Gasteiger partial charge on any atom is 0.185 e. The molecule has 3 nitrogen and oxygen atoms in total. The summed E-state index contributed by atoms with van der Waals surface area (Å²) in [6.45, 7) is 5.26. The summed E-state index contributed by atoms with van der Waals surface area (Å²) in [7, 11) is 2.09. The molecule has 72 valence electrons. The molecule has 0 radical (unpaired) electrons. The van der Waals surface area contributed by atoms with Crippen LogP contribution in [0.25, 0.3) is 0 Å². The Morgan fingerprint density at radius 2 is 2.46 bits per heavy atom. The van der Waals surface area contributed by atoms with Crippen molar-refractivity contribution < 1.29 is 0 Å². The molecule has 2 heterocycles. The normalized spacial score (nSPS) is 15.5. The van der Waals surface area contributed by atoms with Crippen LogP contribution in [0.4, 0.5) is 5.13 Å². The second-order valence-electron chi connectivity index (χ2n) is 3.31. The minimum Gasteiger partial charge on any atom is -0.351 e. The lowest BCUT2D eigenvalue weighted by molar-refractivity contribution is 0.643. The van der Waals surface area contributed by atoms with E-state index >= 15 is 0 Å². The Balaban J connectivity index is 2.25. The largest absolute Gasteiger partial charge is 0.351 e. The first kappa shape index (κ1) is 8.97. The Hall–Kier alpha value is -0.610. The molecular weight excluding hydrogens is 182 g/mol. The Morgan fingerprint density at radius 1 is 1.62 bits per heavy atom. The molecule has 1 N–H and O–H groups in total. The number of fused-ring (bicyclic) bond motifs is 1. The zero-order valence-corrected chi connectivity index (χ0v) is 8.95. The van der Waals surface area contributed by atoms with E-state index in [9.17, 15) is 0 Å². The molecule has 0 atom stereocenters. The quantitative estimate of drug-likeness (QED) is 0.773. The fourth-order valence-electron chi connectivity index (χ4n) is 1.41. The van der Waals surface area contributed by atoms with Gasteiger partial charge in [-0.2, -0.15) is 0 Å². The molecule has 0 amide bonds. The van der Waals surface area contributed by atoms with E-state index in [-0.39, 0.29) is 0 Å². The molecule has 1 aromatic rings. The van der Waals surface area contributed by atoms with Crippen molar-refractivity contribution in [2.24, 2.45) is 0 Å². The fraction of sp³-hybridized carbons (Fsp3) is 0.667. The maximum absolute atomic E-state index is 4.63. The molecule has 0 saturated heterocycles. The summed E-state index contributed by atoms with van der Waals surface area (Å²) in [5, 5.41) is 4.53. The minimum atomic E-state index is 1.00. The second-order valence-corrected chi connectivity index (χ2v) is 4.37. The van der Waals surface area contributed by atoms with E-state index in [1.54, 1.807) is 0 Å². The molecule has 4 heteroatoms. The van der Waals surface area contributed by atoms with Gasteiger partial charge >= 0.3 is 0 Å². The van der Waals surface area contributed by atoms with Crippen molar-refractivity contribution in [1.82, 2.24) is 10.3 Å². The number of nitrogens with zero attached hydrogens (tertiary/aromatic N) is 2. The number of hydrogen-bond acceptors (Lipinski definition) is 4. The van der Waals surface area contributed by atoms with Gasteiger partial charge in [0.1, 0.15) is 0 Å². The summed E-state index contributed by atoms with van der Waals surface area (Å²) in [6, 6.07) is 0. The Kier molecular flexibility index (Phi) is 2.51. The minimum absolute atomic E-state index is 1.00. The smallest absolute Gasteiger partial charge is 0.185 e. The van der Waals surface area contributed by atoms with Crippen LogP contribution in [0, 0.1) is 0 Å². The standard InChI is InChI=1S/C9H15N3S/c1-3-12(2)9-11-7-4-5-10-6-8(7)13-9/h10H,3-6H2,1-2H3. The van der Waals surface area contributed by atoms with Crippen molar-refractivity contribution in [3.63, 3.8) is 0 Å². The molecule has 0 fully saturated rings. The van der Waals surface area contributed by atoms with Crippen LogP contribution in [-0.4, -0.2) is 25.1 Å². The third-order valence-electron chi connectivity index (χ3n) is 2.39. The van der Waals surface area contributed by atoms with Crippen molar-refractivity contribution in [3.05, 3.63) is 10.6 Å². The Morgan fingerprint density at radius 3 is 3.15 bits per heavy atom. The number of rotatable bonds is 2. The van der Waals surface area contributed by atoms with E-state index in [0.717, 1.165) is 31.2 Å². The molecule has 0 spiro atoms. The van der Waals surface area contributed by atoms with Gasteiger partial charge in [-0.15, -0.1) is 11.3 Å².